The Balaban J connectivity index is 1.57. The van der Waals surface area contributed by atoms with Crippen LogP contribution >= 0.6 is 0 Å². The molecule has 0 bridgehead atoms. The first-order valence-corrected chi connectivity index (χ1v) is 10.4. The summed E-state index contributed by atoms with van der Waals surface area (Å²) in [7, 11) is 0.765. The van der Waals surface area contributed by atoms with Crippen molar-refractivity contribution in [2.75, 3.05) is 7.11 Å². The van der Waals surface area contributed by atoms with Gasteiger partial charge in [0, 0.05) is 18.6 Å². The van der Waals surface area contributed by atoms with Gasteiger partial charge in [0.05, 0.1) is 18.4 Å². The number of ether oxygens (including phenoxy) is 5. The van der Waals surface area contributed by atoms with Crippen LogP contribution in [0.3, 0.4) is 0 Å². The lowest BCUT2D eigenvalue weighted by molar-refractivity contribution is -0.279. The molecule has 8 nitrogen and oxygen atoms in total. The first-order chi connectivity index (χ1) is 15.5. The zero-order valence-electron chi connectivity index (χ0n) is 18.0. The lowest BCUT2D eigenvalue weighted by Crippen LogP contribution is -2.53. The Hall–Kier alpha value is -2.66. The Morgan fingerprint density at radius 1 is 1.12 bits per heavy atom. The molecule has 180 valence electrons. The third-order valence-electron chi connectivity index (χ3n) is 6.51. The second-order valence-electron chi connectivity index (χ2n) is 8.42. The molecule has 3 heterocycles. The van der Waals surface area contributed by atoms with Gasteiger partial charge in [-0.3, -0.25) is 9.59 Å². The van der Waals surface area contributed by atoms with Crippen molar-refractivity contribution in [2.24, 2.45) is 11.8 Å². The smallest absolute Gasteiger partial charge is 0.432 e. The molecule has 33 heavy (non-hydrogen) atoms. The summed E-state index contributed by atoms with van der Waals surface area (Å²) in [6.45, 7) is 2.95. The Morgan fingerprint density at radius 3 is 2.39 bits per heavy atom. The summed E-state index contributed by atoms with van der Waals surface area (Å²) >= 11 is 0. The van der Waals surface area contributed by atoms with Crippen molar-refractivity contribution in [3.63, 3.8) is 0 Å². The predicted octanol–water partition coefficient (Wildman–Crippen LogP) is 2.28. The Bertz CT molecular complexity index is 935. The standard InChI is InChI=1S/C22H23F3O8/c1-10-16-13(9-14(26)30-10)15-18(32-16)17(33-19(15)27)11(2)31-20(28)21(29-3,22(23,24)25)12-7-5-4-6-8-12/h4-8,10-11,13,15-18H,9H2,1-3H3/t10-,11-,13+,15-,16+,17+,18+,21+/m0/s1. The first kappa shape index (κ1) is 23.5. The Morgan fingerprint density at radius 2 is 1.79 bits per heavy atom. The maximum absolute atomic E-state index is 14.1. The van der Waals surface area contributed by atoms with Crippen LogP contribution in [0.1, 0.15) is 25.8 Å². The summed E-state index contributed by atoms with van der Waals surface area (Å²) < 4.78 is 68.7. The molecule has 4 rings (SSSR count). The lowest BCUT2D eigenvalue weighted by Gasteiger charge is -2.34. The molecule has 0 amide bonds. The van der Waals surface area contributed by atoms with Gasteiger partial charge >= 0.3 is 24.1 Å². The third-order valence-corrected chi connectivity index (χ3v) is 6.51. The fraction of sp³-hybridized carbons (Fsp3) is 0.591. The average molecular weight is 472 g/mol. The van der Waals surface area contributed by atoms with Crippen molar-refractivity contribution >= 4 is 17.9 Å². The number of esters is 3. The molecule has 0 radical (unpaired) electrons. The van der Waals surface area contributed by atoms with Crippen LogP contribution in [0, 0.1) is 11.8 Å². The summed E-state index contributed by atoms with van der Waals surface area (Å²) in [6.07, 6.45) is -9.68. The van der Waals surface area contributed by atoms with E-state index in [9.17, 15) is 27.6 Å². The number of fused-ring (bicyclic) bond motifs is 3. The minimum atomic E-state index is -5.14. The SMILES string of the molecule is CO[C@@](C(=O)O[C@@H](C)[C@H]1OC(=O)[C@H]2[C@H]3CC(=O)O[C@@H](C)[C@H]3O[C@@H]12)(c1ccccc1)C(F)(F)F. The second kappa shape index (κ2) is 8.28. The molecule has 8 atom stereocenters. The van der Waals surface area contributed by atoms with E-state index >= 15 is 0 Å². The van der Waals surface area contributed by atoms with Gasteiger partial charge < -0.3 is 23.7 Å². The molecule has 0 saturated carbocycles. The van der Waals surface area contributed by atoms with E-state index in [0.717, 1.165) is 19.2 Å². The Labute approximate surface area is 187 Å². The molecule has 3 fully saturated rings. The predicted molar refractivity (Wildman–Crippen MR) is 102 cm³/mol. The van der Waals surface area contributed by atoms with Crippen LogP contribution in [0.25, 0.3) is 0 Å². The topological polar surface area (TPSA) is 97.4 Å². The molecule has 0 spiro atoms. The van der Waals surface area contributed by atoms with Crippen molar-refractivity contribution in [3.8, 4) is 0 Å². The summed E-state index contributed by atoms with van der Waals surface area (Å²) in [6, 6.07) is 6.40. The van der Waals surface area contributed by atoms with Crippen LogP contribution in [0.15, 0.2) is 30.3 Å². The fourth-order valence-corrected chi connectivity index (χ4v) is 4.97. The summed E-state index contributed by atoms with van der Waals surface area (Å²) in [4.78, 5) is 37.3. The molecule has 1 aromatic rings. The number of methoxy groups -OCH3 is 1. The number of rotatable bonds is 5. The van der Waals surface area contributed by atoms with Gasteiger partial charge in [0.1, 0.15) is 18.3 Å². The van der Waals surface area contributed by atoms with Crippen molar-refractivity contribution in [1.29, 1.82) is 0 Å². The van der Waals surface area contributed by atoms with Crippen LogP contribution in [-0.4, -0.2) is 61.7 Å². The highest BCUT2D eigenvalue weighted by Crippen LogP contribution is 2.48. The van der Waals surface area contributed by atoms with Crippen LogP contribution in [0.5, 0.6) is 0 Å². The van der Waals surface area contributed by atoms with E-state index in [1.165, 1.54) is 25.1 Å². The highest BCUT2D eigenvalue weighted by molar-refractivity contribution is 5.83. The van der Waals surface area contributed by atoms with E-state index in [1.807, 2.05) is 0 Å². The summed E-state index contributed by atoms with van der Waals surface area (Å²) in [5.41, 5.74) is -3.82. The molecular formula is C22H23F3O8. The molecule has 0 N–H and O–H groups in total. The molecule has 11 heteroatoms. The van der Waals surface area contributed by atoms with Crippen molar-refractivity contribution in [1.82, 2.24) is 0 Å². The monoisotopic (exact) mass is 472 g/mol. The molecule has 1 aromatic carbocycles. The lowest BCUT2D eigenvalue weighted by atomic mass is 9.81. The fourth-order valence-electron chi connectivity index (χ4n) is 4.97. The van der Waals surface area contributed by atoms with Gasteiger partial charge in [-0.2, -0.15) is 13.2 Å². The van der Waals surface area contributed by atoms with E-state index in [2.05, 4.69) is 0 Å². The highest BCUT2D eigenvalue weighted by Gasteiger charge is 2.66. The molecule has 3 aliphatic rings. The molecule has 0 aliphatic carbocycles. The number of halogens is 3. The zero-order valence-corrected chi connectivity index (χ0v) is 18.0. The quantitative estimate of drug-likeness (QED) is 0.476. The van der Waals surface area contributed by atoms with Gasteiger partial charge in [-0.25, -0.2) is 4.79 Å². The number of benzene rings is 1. The number of alkyl halides is 3. The number of hydrogen-bond acceptors (Lipinski definition) is 8. The van der Waals surface area contributed by atoms with E-state index in [-0.39, 0.29) is 6.42 Å². The molecular weight excluding hydrogens is 449 g/mol. The van der Waals surface area contributed by atoms with E-state index in [1.54, 1.807) is 6.92 Å². The Kier molecular flexibility index (Phi) is 5.90. The number of carbonyl (C=O) groups is 3. The largest absolute Gasteiger partial charge is 0.460 e. The van der Waals surface area contributed by atoms with Crippen LogP contribution in [0.4, 0.5) is 13.2 Å². The van der Waals surface area contributed by atoms with Gasteiger partial charge in [0.15, 0.2) is 6.10 Å². The van der Waals surface area contributed by atoms with E-state index in [0.29, 0.717) is 0 Å². The van der Waals surface area contributed by atoms with Gasteiger partial charge in [-0.1, -0.05) is 30.3 Å². The molecule has 3 aliphatic heterocycles. The van der Waals surface area contributed by atoms with Crippen LogP contribution in [0.2, 0.25) is 0 Å². The summed E-state index contributed by atoms with van der Waals surface area (Å²) in [5.74, 6) is -4.11. The highest BCUT2D eigenvalue weighted by atomic mass is 19.4. The number of carbonyl (C=O) groups excluding carboxylic acids is 3. The molecule has 0 unspecified atom stereocenters. The maximum Gasteiger partial charge on any atom is 0.432 e. The van der Waals surface area contributed by atoms with Gasteiger partial charge in [-0.05, 0) is 13.8 Å². The number of cyclic esters (lactones) is 2. The van der Waals surface area contributed by atoms with Gasteiger partial charge in [-0.15, -0.1) is 0 Å². The maximum atomic E-state index is 14.1. The number of hydrogen-bond donors (Lipinski definition) is 0. The molecule has 0 aromatic heterocycles. The van der Waals surface area contributed by atoms with Gasteiger partial charge in [0.2, 0.25) is 0 Å². The van der Waals surface area contributed by atoms with Gasteiger partial charge in [0.25, 0.3) is 5.60 Å². The zero-order chi connectivity index (χ0) is 24.1. The normalized spacial score (nSPS) is 33.9. The van der Waals surface area contributed by atoms with Crippen molar-refractivity contribution in [2.45, 2.75) is 62.6 Å². The van der Waals surface area contributed by atoms with Crippen molar-refractivity contribution < 1.29 is 51.2 Å². The van der Waals surface area contributed by atoms with Crippen LogP contribution in [-0.2, 0) is 43.7 Å². The first-order valence-electron chi connectivity index (χ1n) is 10.4. The average Bonchev–Trinajstić information content (AvgIpc) is 3.27. The van der Waals surface area contributed by atoms with Crippen molar-refractivity contribution in [3.05, 3.63) is 35.9 Å². The van der Waals surface area contributed by atoms with Crippen LogP contribution < -0.4 is 0 Å². The third kappa shape index (κ3) is 3.67. The van der Waals surface area contributed by atoms with E-state index < -0.39 is 77.6 Å². The molecule has 3 saturated heterocycles. The minimum Gasteiger partial charge on any atom is -0.460 e. The minimum absolute atomic E-state index is 0.0406. The van der Waals surface area contributed by atoms with E-state index in [4.69, 9.17) is 23.7 Å². The summed E-state index contributed by atoms with van der Waals surface area (Å²) in [5, 5.41) is 0. The second-order valence-corrected chi connectivity index (χ2v) is 8.42.